The number of carboxylic acids is 1. The molecule has 0 aliphatic heterocycles. The lowest BCUT2D eigenvalue weighted by molar-refractivity contribution is -0.137. The zero-order valence-electron chi connectivity index (χ0n) is 11.5. The molecule has 0 aliphatic rings. The Balaban J connectivity index is 2.65. The molecular formula is C15H23NO2. The first-order valence-corrected chi connectivity index (χ1v) is 6.54. The fraction of sp³-hybridized carbons (Fsp3) is 0.533. The molecule has 100 valence electrons. The molecule has 0 heterocycles. The second-order valence-electron chi connectivity index (χ2n) is 4.86. The highest BCUT2D eigenvalue weighted by atomic mass is 16.4. The van der Waals surface area contributed by atoms with Gasteiger partial charge in [-0.05, 0) is 25.8 Å². The predicted octanol–water partition coefficient (Wildman–Crippen LogP) is 3.07. The average Bonchev–Trinajstić information content (AvgIpc) is 2.35. The van der Waals surface area contributed by atoms with Crippen LogP contribution in [-0.2, 0) is 11.3 Å². The first-order chi connectivity index (χ1) is 8.52. The van der Waals surface area contributed by atoms with E-state index in [1.807, 2.05) is 0 Å². The molecule has 0 aromatic heterocycles. The highest BCUT2D eigenvalue weighted by Crippen LogP contribution is 2.12. The van der Waals surface area contributed by atoms with Crippen LogP contribution in [-0.4, -0.2) is 28.6 Å². The van der Waals surface area contributed by atoms with Gasteiger partial charge in [0.05, 0.1) is 6.42 Å². The van der Waals surface area contributed by atoms with Crippen molar-refractivity contribution in [2.45, 2.75) is 46.2 Å². The largest absolute Gasteiger partial charge is 0.481 e. The Bertz CT molecular complexity index is 373. The molecular weight excluding hydrogens is 226 g/mol. The lowest BCUT2D eigenvalue weighted by Crippen LogP contribution is -2.34. The Morgan fingerprint density at radius 3 is 2.44 bits per heavy atom. The monoisotopic (exact) mass is 249 g/mol. The van der Waals surface area contributed by atoms with Crippen molar-refractivity contribution in [1.29, 1.82) is 0 Å². The number of hydrogen-bond acceptors (Lipinski definition) is 2. The van der Waals surface area contributed by atoms with E-state index >= 15 is 0 Å². The van der Waals surface area contributed by atoms with Crippen molar-refractivity contribution < 1.29 is 9.90 Å². The molecule has 3 heteroatoms. The molecule has 1 unspecified atom stereocenters. The van der Waals surface area contributed by atoms with Crippen LogP contribution in [0.1, 0.15) is 37.8 Å². The number of hydrogen-bond donors (Lipinski definition) is 1. The minimum Gasteiger partial charge on any atom is -0.481 e. The SMILES string of the molecule is CCC(C)N(CCC(=O)O)Cc1ccc(C)cc1. The van der Waals surface area contributed by atoms with E-state index in [1.54, 1.807) is 0 Å². The average molecular weight is 249 g/mol. The number of nitrogens with zero attached hydrogens (tertiary/aromatic N) is 1. The summed E-state index contributed by atoms with van der Waals surface area (Å²) in [5, 5.41) is 8.79. The summed E-state index contributed by atoms with van der Waals surface area (Å²) in [5.74, 6) is -0.729. The van der Waals surface area contributed by atoms with E-state index in [1.165, 1.54) is 11.1 Å². The van der Waals surface area contributed by atoms with E-state index in [9.17, 15) is 4.79 Å². The molecule has 1 atom stereocenters. The van der Waals surface area contributed by atoms with Gasteiger partial charge in [-0.3, -0.25) is 9.69 Å². The van der Waals surface area contributed by atoms with Gasteiger partial charge < -0.3 is 5.11 Å². The molecule has 3 nitrogen and oxygen atoms in total. The number of aryl methyl sites for hydroxylation is 1. The molecule has 1 aromatic carbocycles. The number of rotatable bonds is 7. The Kier molecular flexibility index (Phi) is 5.86. The lowest BCUT2D eigenvalue weighted by atomic mass is 10.1. The van der Waals surface area contributed by atoms with Gasteiger partial charge in [0, 0.05) is 19.1 Å². The van der Waals surface area contributed by atoms with Crippen molar-refractivity contribution in [2.24, 2.45) is 0 Å². The van der Waals surface area contributed by atoms with Gasteiger partial charge in [0.15, 0.2) is 0 Å². The van der Waals surface area contributed by atoms with Crippen LogP contribution in [0.5, 0.6) is 0 Å². The molecule has 1 rings (SSSR count). The molecule has 0 fully saturated rings. The summed E-state index contributed by atoms with van der Waals surface area (Å²) in [6.45, 7) is 7.78. The Morgan fingerprint density at radius 1 is 1.33 bits per heavy atom. The number of carbonyl (C=O) groups is 1. The second-order valence-corrected chi connectivity index (χ2v) is 4.86. The Labute approximate surface area is 109 Å². The first kappa shape index (κ1) is 14.7. The highest BCUT2D eigenvalue weighted by molar-refractivity contribution is 5.66. The van der Waals surface area contributed by atoms with Gasteiger partial charge in [-0.25, -0.2) is 0 Å². The van der Waals surface area contributed by atoms with Crippen molar-refractivity contribution in [3.63, 3.8) is 0 Å². The van der Waals surface area contributed by atoms with Crippen LogP contribution in [0.2, 0.25) is 0 Å². The van der Waals surface area contributed by atoms with Crippen molar-refractivity contribution in [1.82, 2.24) is 4.90 Å². The fourth-order valence-electron chi connectivity index (χ4n) is 1.88. The van der Waals surface area contributed by atoms with Gasteiger partial charge in [-0.1, -0.05) is 36.8 Å². The summed E-state index contributed by atoms with van der Waals surface area (Å²) in [6, 6.07) is 8.84. The van der Waals surface area contributed by atoms with Crippen molar-refractivity contribution in [2.75, 3.05) is 6.54 Å². The van der Waals surface area contributed by atoms with Gasteiger partial charge in [-0.2, -0.15) is 0 Å². The minimum absolute atomic E-state index is 0.205. The van der Waals surface area contributed by atoms with Crippen molar-refractivity contribution >= 4 is 5.97 Å². The Morgan fingerprint density at radius 2 is 1.94 bits per heavy atom. The number of carboxylic acid groups (broad SMARTS) is 1. The molecule has 0 bridgehead atoms. The molecule has 0 saturated carbocycles. The third kappa shape index (κ3) is 4.88. The zero-order chi connectivity index (χ0) is 13.5. The molecule has 0 amide bonds. The highest BCUT2D eigenvalue weighted by Gasteiger charge is 2.13. The summed E-state index contributed by atoms with van der Waals surface area (Å²) in [4.78, 5) is 12.9. The maximum absolute atomic E-state index is 10.7. The summed E-state index contributed by atoms with van der Waals surface area (Å²) in [7, 11) is 0. The van der Waals surface area contributed by atoms with Gasteiger partial charge in [0.25, 0.3) is 0 Å². The van der Waals surface area contributed by atoms with E-state index < -0.39 is 5.97 Å². The summed E-state index contributed by atoms with van der Waals surface area (Å²) >= 11 is 0. The van der Waals surface area contributed by atoms with Gasteiger partial charge >= 0.3 is 5.97 Å². The molecule has 0 radical (unpaired) electrons. The summed E-state index contributed by atoms with van der Waals surface area (Å²) in [5.41, 5.74) is 2.49. The van der Waals surface area contributed by atoms with E-state index in [0.717, 1.165) is 13.0 Å². The molecule has 0 spiro atoms. The fourth-order valence-corrected chi connectivity index (χ4v) is 1.88. The van der Waals surface area contributed by atoms with Crippen LogP contribution in [0.4, 0.5) is 0 Å². The second kappa shape index (κ2) is 7.17. The third-order valence-corrected chi connectivity index (χ3v) is 3.33. The predicted molar refractivity (Wildman–Crippen MR) is 73.6 cm³/mol. The lowest BCUT2D eigenvalue weighted by Gasteiger charge is -2.28. The van der Waals surface area contributed by atoms with Crippen LogP contribution in [0.3, 0.4) is 0 Å². The standard InChI is InChI=1S/C15H23NO2/c1-4-13(3)16(10-9-15(17)18)11-14-7-5-12(2)6-8-14/h5-8,13H,4,9-11H2,1-3H3,(H,17,18). The number of aliphatic carboxylic acids is 1. The van der Waals surface area contributed by atoms with E-state index in [-0.39, 0.29) is 6.42 Å². The van der Waals surface area contributed by atoms with Crippen LogP contribution in [0.15, 0.2) is 24.3 Å². The van der Waals surface area contributed by atoms with Gasteiger partial charge in [-0.15, -0.1) is 0 Å². The molecule has 0 aliphatic carbocycles. The third-order valence-electron chi connectivity index (χ3n) is 3.33. The maximum Gasteiger partial charge on any atom is 0.304 e. The topological polar surface area (TPSA) is 40.5 Å². The van der Waals surface area contributed by atoms with Crippen LogP contribution in [0, 0.1) is 6.92 Å². The quantitative estimate of drug-likeness (QED) is 0.807. The summed E-state index contributed by atoms with van der Waals surface area (Å²) < 4.78 is 0. The molecule has 1 N–H and O–H groups in total. The zero-order valence-corrected chi connectivity index (χ0v) is 11.5. The maximum atomic E-state index is 10.7. The van der Waals surface area contributed by atoms with Gasteiger partial charge in [0.2, 0.25) is 0 Å². The number of benzene rings is 1. The summed E-state index contributed by atoms with van der Waals surface area (Å²) in [6.07, 6.45) is 1.24. The van der Waals surface area contributed by atoms with Crippen LogP contribution < -0.4 is 0 Å². The van der Waals surface area contributed by atoms with Crippen molar-refractivity contribution in [3.8, 4) is 0 Å². The normalized spacial score (nSPS) is 12.7. The smallest absolute Gasteiger partial charge is 0.304 e. The van der Waals surface area contributed by atoms with Crippen molar-refractivity contribution in [3.05, 3.63) is 35.4 Å². The molecule has 0 saturated heterocycles. The van der Waals surface area contributed by atoms with E-state index in [2.05, 4.69) is 49.9 Å². The van der Waals surface area contributed by atoms with Gasteiger partial charge in [0.1, 0.15) is 0 Å². The van der Waals surface area contributed by atoms with Crippen LogP contribution in [0.25, 0.3) is 0 Å². The minimum atomic E-state index is -0.729. The molecule has 18 heavy (non-hydrogen) atoms. The van der Waals surface area contributed by atoms with Crippen LogP contribution >= 0.6 is 0 Å². The van der Waals surface area contributed by atoms with E-state index in [4.69, 9.17) is 5.11 Å². The molecule has 1 aromatic rings. The first-order valence-electron chi connectivity index (χ1n) is 6.54. The van der Waals surface area contributed by atoms with E-state index in [0.29, 0.717) is 12.6 Å². The Hall–Kier alpha value is -1.35.